The quantitative estimate of drug-likeness (QED) is 0.529. The minimum Gasteiger partial charge on any atom is -0.370 e. The zero-order chi connectivity index (χ0) is 12.8. The van der Waals surface area contributed by atoms with Crippen LogP contribution in [0, 0.1) is 0 Å². The number of nitrogens with zero attached hydrogens (tertiary/aromatic N) is 1. The predicted octanol–water partition coefficient (Wildman–Crippen LogP) is 4.46. The largest absolute Gasteiger partial charge is 0.370 e. The minimum absolute atomic E-state index is 0.992. The van der Waals surface area contributed by atoms with Crippen molar-refractivity contribution < 1.29 is 0 Å². The number of rotatable bonds is 0. The lowest BCUT2D eigenvalue weighted by molar-refractivity contribution is 1.02. The molecule has 92 valence electrons. The Hall–Kier alpha value is -2.28. The molecule has 0 unspecified atom stereocenters. The summed E-state index contributed by atoms with van der Waals surface area (Å²) in [5, 5.41) is 5.28. The second-order valence-electron chi connectivity index (χ2n) is 5.20. The van der Waals surface area contributed by atoms with Crippen molar-refractivity contribution in [3.05, 3.63) is 60.2 Å². The fraction of sp³-hybridized carbons (Fsp3) is 0.111. The van der Waals surface area contributed by atoms with E-state index < -0.39 is 0 Å². The third kappa shape index (κ3) is 1.55. The van der Waals surface area contributed by atoms with E-state index in [4.69, 9.17) is 0 Å². The highest BCUT2D eigenvalue weighted by Gasteiger charge is 2.12. The Balaban J connectivity index is 2.14. The third-order valence-electron chi connectivity index (χ3n) is 3.98. The van der Waals surface area contributed by atoms with Gasteiger partial charge in [0.2, 0.25) is 0 Å². The van der Waals surface area contributed by atoms with Gasteiger partial charge in [0.25, 0.3) is 0 Å². The maximum absolute atomic E-state index is 2.31. The van der Waals surface area contributed by atoms with Crippen LogP contribution in [0.15, 0.2) is 54.6 Å². The van der Waals surface area contributed by atoms with Crippen molar-refractivity contribution in [3.8, 4) is 0 Å². The monoisotopic (exact) mass is 245 g/mol. The van der Waals surface area contributed by atoms with Gasteiger partial charge in [0.05, 0.1) is 0 Å². The second kappa shape index (κ2) is 3.86. The van der Waals surface area contributed by atoms with Crippen molar-refractivity contribution in [2.45, 2.75) is 0 Å². The highest BCUT2D eigenvalue weighted by Crippen LogP contribution is 2.34. The first-order valence-electron chi connectivity index (χ1n) is 6.66. The molecule has 4 rings (SSSR count). The van der Waals surface area contributed by atoms with E-state index in [1.807, 2.05) is 0 Å². The Bertz CT molecular complexity index is 814. The average Bonchev–Trinajstić information content (AvgIpc) is 2.45. The molecule has 0 spiro atoms. The van der Waals surface area contributed by atoms with E-state index in [9.17, 15) is 0 Å². The molecule has 0 fully saturated rings. The first-order valence-corrected chi connectivity index (χ1v) is 6.66. The van der Waals surface area contributed by atoms with E-state index in [0.717, 1.165) is 6.54 Å². The smallest absolute Gasteiger partial charge is 0.0446 e. The average molecular weight is 245 g/mol. The Kier molecular flexibility index (Phi) is 2.16. The van der Waals surface area contributed by atoms with E-state index in [1.54, 1.807) is 0 Å². The van der Waals surface area contributed by atoms with Gasteiger partial charge in [-0.1, -0.05) is 42.5 Å². The number of likely N-dealkylation sites (N-methyl/N-ethyl adjacent to an activating group) is 1. The molecule has 0 radical (unpaired) electrons. The summed E-state index contributed by atoms with van der Waals surface area (Å²) in [4.78, 5) is 2.30. The second-order valence-corrected chi connectivity index (χ2v) is 5.20. The Morgan fingerprint density at radius 2 is 1.68 bits per heavy atom. The molecule has 1 nitrogen and oxygen atoms in total. The molecule has 0 aromatic heterocycles. The molecule has 0 N–H and O–H groups in total. The van der Waals surface area contributed by atoms with Crippen molar-refractivity contribution in [1.29, 1.82) is 0 Å². The fourth-order valence-electron chi connectivity index (χ4n) is 2.96. The summed E-state index contributed by atoms with van der Waals surface area (Å²) >= 11 is 0. The van der Waals surface area contributed by atoms with E-state index in [2.05, 4.69) is 72.6 Å². The van der Waals surface area contributed by atoms with Crippen LogP contribution in [-0.4, -0.2) is 13.6 Å². The molecule has 1 heteroatoms. The van der Waals surface area contributed by atoms with Gasteiger partial charge in [-0.3, -0.25) is 0 Å². The molecule has 19 heavy (non-hydrogen) atoms. The van der Waals surface area contributed by atoms with Crippen molar-refractivity contribution >= 4 is 33.3 Å². The van der Waals surface area contributed by atoms with Crippen LogP contribution in [0.2, 0.25) is 0 Å². The molecule has 1 heterocycles. The summed E-state index contributed by atoms with van der Waals surface area (Å²) in [6.07, 6.45) is 4.49. The Labute approximate surface area is 112 Å². The SMILES string of the molecule is CN1CC=Cc2c1ccc1cc3ccccc3cc21. The lowest BCUT2D eigenvalue weighted by atomic mass is 9.96. The summed E-state index contributed by atoms with van der Waals surface area (Å²) in [5.74, 6) is 0. The van der Waals surface area contributed by atoms with Crippen molar-refractivity contribution in [2.24, 2.45) is 0 Å². The van der Waals surface area contributed by atoms with Gasteiger partial charge in [-0.2, -0.15) is 0 Å². The molecule has 0 bridgehead atoms. The maximum Gasteiger partial charge on any atom is 0.0446 e. The Morgan fingerprint density at radius 1 is 0.895 bits per heavy atom. The number of fused-ring (bicyclic) bond motifs is 4. The van der Waals surface area contributed by atoms with Crippen LogP contribution in [-0.2, 0) is 0 Å². The van der Waals surface area contributed by atoms with Crippen LogP contribution in [0.3, 0.4) is 0 Å². The fourth-order valence-corrected chi connectivity index (χ4v) is 2.96. The van der Waals surface area contributed by atoms with Crippen LogP contribution in [0.1, 0.15) is 5.56 Å². The molecular formula is C18H15N. The molecule has 0 aliphatic carbocycles. The van der Waals surface area contributed by atoms with Crippen LogP contribution >= 0.6 is 0 Å². The van der Waals surface area contributed by atoms with Gasteiger partial charge in [0.1, 0.15) is 0 Å². The first-order chi connectivity index (χ1) is 9.33. The summed E-state index contributed by atoms with van der Waals surface area (Å²) < 4.78 is 0. The highest BCUT2D eigenvalue weighted by molar-refractivity contribution is 6.04. The van der Waals surface area contributed by atoms with Gasteiger partial charge in [-0.05, 0) is 39.7 Å². The van der Waals surface area contributed by atoms with E-state index >= 15 is 0 Å². The molecule has 0 saturated heterocycles. The first kappa shape index (κ1) is 10.6. The summed E-state index contributed by atoms with van der Waals surface area (Å²) in [6.45, 7) is 0.992. The van der Waals surface area contributed by atoms with Crippen molar-refractivity contribution in [3.63, 3.8) is 0 Å². The predicted molar refractivity (Wildman–Crippen MR) is 83.8 cm³/mol. The lowest BCUT2D eigenvalue weighted by Crippen LogP contribution is -2.20. The summed E-state index contributed by atoms with van der Waals surface area (Å²) in [6, 6.07) is 17.6. The molecular weight excluding hydrogens is 230 g/mol. The normalized spacial score (nSPS) is 14.1. The summed E-state index contributed by atoms with van der Waals surface area (Å²) in [7, 11) is 2.15. The topological polar surface area (TPSA) is 3.24 Å². The number of anilines is 1. The molecule has 0 amide bonds. The molecule has 0 atom stereocenters. The molecule has 0 saturated carbocycles. The Morgan fingerprint density at radius 3 is 2.53 bits per heavy atom. The molecule has 1 aliphatic heterocycles. The molecule has 1 aliphatic rings. The van der Waals surface area contributed by atoms with Crippen molar-refractivity contribution in [2.75, 3.05) is 18.5 Å². The standard InChI is InChI=1S/C18H15N/c1-19-10-4-7-16-17-12-14-6-3-2-5-13(14)11-15(17)8-9-18(16)19/h2-9,11-12H,10H2,1H3. The molecule has 3 aromatic carbocycles. The number of hydrogen-bond donors (Lipinski definition) is 0. The highest BCUT2D eigenvalue weighted by atomic mass is 15.1. The number of hydrogen-bond acceptors (Lipinski definition) is 1. The molecule has 3 aromatic rings. The van der Waals surface area contributed by atoms with Crippen LogP contribution in [0.4, 0.5) is 5.69 Å². The van der Waals surface area contributed by atoms with E-state index in [1.165, 1.54) is 32.8 Å². The van der Waals surface area contributed by atoms with Gasteiger partial charge >= 0.3 is 0 Å². The minimum atomic E-state index is 0.992. The third-order valence-corrected chi connectivity index (χ3v) is 3.98. The van der Waals surface area contributed by atoms with E-state index in [0.29, 0.717) is 0 Å². The van der Waals surface area contributed by atoms with Gasteiger partial charge in [0, 0.05) is 24.8 Å². The van der Waals surface area contributed by atoms with Gasteiger partial charge in [0.15, 0.2) is 0 Å². The van der Waals surface area contributed by atoms with Gasteiger partial charge in [-0.25, -0.2) is 0 Å². The van der Waals surface area contributed by atoms with Crippen LogP contribution in [0.5, 0.6) is 0 Å². The van der Waals surface area contributed by atoms with Crippen LogP contribution in [0.25, 0.3) is 27.6 Å². The zero-order valence-electron chi connectivity index (χ0n) is 10.9. The van der Waals surface area contributed by atoms with Gasteiger partial charge < -0.3 is 4.90 Å². The number of benzene rings is 3. The van der Waals surface area contributed by atoms with E-state index in [-0.39, 0.29) is 0 Å². The maximum atomic E-state index is 2.31. The lowest BCUT2D eigenvalue weighted by Gasteiger charge is -2.24. The summed E-state index contributed by atoms with van der Waals surface area (Å²) in [5.41, 5.74) is 2.67. The zero-order valence-corrected chi connectivity index (χ0v) is 10.9. The van der Waals surface area contributed by atoms with Gasteiger partial charge in [-0.15, -0.1) is 0 Å². The van der Waals surface area contributed by atoms with Crippen LogP contribution < -0.4 is 4.90 Å². The van der Waals surface area contributed by atoms with Crippen molar-refractivity contribution in [1.82, 2.24) is 0 Å².